The first-order chi connectivity index (χ1) is 9.77. The van der Waals surface area contributed by atoms with Crippen LogP contribution in [0.15, 0.2) is 40.6 Å². The van der Waals surface area contributed by atoms with Gasteiger partial charge in [0.05, 0.1) is 9.72 Å². The molecule has 0 fully saturated rings. The topological polar surface area (TPSA) is 51.2 Å². The Morgan fingerprint density at radius 1 is 1.33 bits per heavy atom. The number of ketones is 1. The number of halogens is 2. The van der Waals surface area contributed by atoms with Gasteiger partial charge in [0.15, 0.2) is 15.6 Å². The molecule has 0 N–H and O–H groups in total. The molecule has 2 rings (SSSR count). The van der Waals surface area contributed by atoms with Gasteiger partial charge in [-0.1, -0.05) is 28.1 Å². The Balaban J connectivity index is 2.12. The third-order valence-corrected chi connectivity index (χ3v) is 5.93. The number of rotatable bonds is 5. The largest absolute Gasteiger partial charge is 0.298 e. The van der Waals surface area contributed by atoms with E-state index in [0.717, 1.165) is 6.26 Å². The van der Waals surface area contributed by atoms with E-state index in [1.807, 2.05) is 0 Å². The summed E-state index contributed by atoms with van der Waals surface area (Å²) in [6, 6.07) is 7.48. The molecule has 1 atom stereocenters. The predicted molar refractivity (Wildman–Crippen MR) is 84.2 cm³/mol. The van der Waals surface area contributed by atoms with Gasteiger partial charge in [-0.15, -0.1) is 11.3 Å². The molecule has 0 spiro atoms. The summed E-state index contributed by atoms with van der Waals surface area (Å²) in [5, 5.41) is 1.35. The molecule has 0 saturated heterocycles. The maximum absolute atomic E-state index is 12.9. The average Bonchev–Trinajstić information content (AvgIpc) is 2.82. The molecule has 0 bridgehead atoms. The highest BCUT2D eigenvalue weighted by Crippen LogP contribution is 2.27. The molecule has 0 aliphatic carbocycles. The number of hydrogen-bond donors (Lipinski definition) is 0. The molecule has 1 unspecified atom stereocenters. The number of carbonyl (C=O) groups is 1. The maximum atomic E-state index is 12.9. The molecule has 0 saturated carbocycles. The molecule has 3 nitrogen and oxygen atoms in total. The van der Waals surface area contributed by atoms with Crippen molar-refractivity contribution in [3.05, 3.63) is 52.0 Å². The van der Waals surface area contributed by atoms with Crippen LogP contribution in [-0.4, -0.2) is 20.5 Å². The summed E-state index contributed by atoms with van der Waals surface area (Å²) in [6.07, 6.45) is 1.27. The Kier molecular flexibility index (Phi) is 4.95. The van der Waals surface area contributed by atoms with Gasteiger partial charge >= 0.3 is 0 Å². The normalized spacial score (nSPS) is 13.1. The highest BCUT2D eigenvalue weighted by Gasteiger charge is 2.19. The average molecular weight is 391 g/mol. The number of carbonyl (C=O) groups excluding carboxylic acids is 1. The molecule has 1 aromatic carbocycles. The fraction of sp³-hybridized carbons (Fsp3) is 0.214. The maximum Gasteiger partial charge on any atom is 0.175 e. The number of sulfone groups is 1. The van der Waals surface area contributed by atoms with Crippen LogP contribution in [0.4, 0.5) is 4.39 Å². The molecule has 0 aliphatic heterocycles. The van der Waals surface area contributed by atoms with Crippen LogP contribution in [0.1, 0.15) is 15.3 Å². The SMILES string of the molecule is CS(=O)(=O)c1ccc(C(Br)C(=O)Cc2cc(F)cs2)cc1. The van der Waals surface area contributed by atoms with E-state index in [2.05, 4.69) is 15.9 Å². The van der Waals surface area contributed by atoms with Gasteiger partial charge in [-0.2, -0.15) is 0 Å². The Hall–Kier alpha value is -1.05. The summed E-state index contributed by atoms with van der Waals surface area (Å²) in [6.45, 7) is 0. The van der Waals surface area contributed by atoms with Gasteiger partial charge < -0.3 is 0 Å². The lowest BCUT2D eigenvalue weighted by Crippen LogP contribution is -2.09. The first-order valence-electron chi connectivity index (χ1n) is 5.97. The quantitative estimate of drug-likeness (QED) is 0.733. The van der Waals surface area contributed by atoms with Crippen LogP contribution in [0.5, 0.6) is 0 Å². The lowest BCUT2D eigenvalue weighted by Gasteiger charge is -2.09. The molecule has 2 aromatic rings. The lowest BCUT2D eigenvalue weighted by molar-refractivity contribution is -0.117. The zero-order valence-electron chi connectivity index (χ0n) is 11.0. The lowest BCUT2D eigenvalue weighted by atomic mass is 10.1. The highest BCUT2D eigenvalue weighted by molar-refractivity contribution is 9.09. The van der Waals surface area contributed by atoms with Crippen molar-refractivity contribution in [3.8, 4) is 0 Å². The summed E-state index contributed by atoms with van der Waals surface area (Å²) >= 11 is 4.50. The monoisotopic (exact) mass is 390 g/mol. The third kappa shape index (κ3) is 4.21. The van der Waals surface area contributed by atoms with E-state index in [1.165, 1.54) is 34.9 Å². The van der Waals surface area contributed by atoms with E-state index in [4.69, 9.17) is 0 Å². The Morgan fingerprint density at radius 2 is 1.95 bits per heavy atom. The molecule has 0 amide bonds. The molecule has 1 aromatic heterocycles. The summed E-state index contributed by atoms with van der Waals surface area (Å²) in [5.74, 6) is -0.449. The van der Waals surface area contributed by atoms with Crippen molar-refractivity contribution in [2.24, 2.45) is 0 Å². The van der Waals surface area contributed by atoms with E-state index >= 15 is 0 Å². The minimum Gasteiger partial charge on any atom is -0.298 e. The number of benzene rings is 1. The standard InChI is InChI=1S/C14H12BrFO3S2/c1-21(18,19)12-4-2-9(3-5-12)14(15)13(17)7-11-6-10(16)8-20-11/h2-6,8,14H,7H2,1H3. The van der Waals surface area contributed by atoms with Gasteiger partial charge in [-0.3, -0.25) is 4.79 Å². The summed E-state index contributed by atoms with van der Waals surface area (Å²) in [5.41, 5.74) is 0.671. The second kappa shape index (κ2) is 6.37. The van der Waals surface area contributed by atoms with Crippen LogP contribution < -0.4 is 0 Å². The Labute approximate surface area is 134 Å². The van der Waals surface area contributed by atoms with Gasteiger partial charge in [0.1, 0.15) is 5.82 Å². The van der Waals surface area contributed by atoms with E-state index in [1.54, 1.807) is 12.1 Å². The van der Waals surface area contributed by atoms with E-state index in [9.17, 15) is 17.6 Å². The van der Waals surface area contributed by atoms with E-state index in [0.29, 0.717) is 10.4 Å². The second-order valence-electron chi connectivity index (χ2n) is 4.58. The Bertz CT molecular complexity index is 751. The highest BCUT2D eigenvalue weighted by atomic mass is 79.9. The zero-order valence-corrected chi connectivity index (χ0v) is 14.3. The molecule has 7 heteroatoms. The minimum absolute atomic E-state index is 0.107. The van der Waals surface area contributed by atoms with Crippen molar-refractivity contribution in [2.45, 2.75) is 16.1 Å². The van der Waals surface area contributed by atoms with Crippen LogP contribution >= 0.6 is 27.3 Å². The number of alkyl halides is 1. The van der Waals surface area contributed by atoms with Gasteiger partial charge in [0.25, 0.3) is 0 Å². The van der Waals surface area contributed by atoms with Crippen molar-refractivity contribution in [2.75, 3.05) is 6.26 Å². The van der Waals surface area contributed by atoms with Crippen LogP contribution in [0.25, 0.3) is 0 Å². The van der Waals surface area contributed by atoms with Crippen molar-refractivity contribution in [1.82, 2.24) is 0 Å². The molecule has 0 radical (unpaired) electrons. The van der Waals surface area contributed by atoms with E-state index < -0.39 is 14.7 Å². The van der Waals surface area contributed by atoms with Crippen molar-refractivity contribution < 1.29 is 17.6 Å². The van der Waals surface area contributed by atoms with Crippen LogP contribution in [0.3, 0.4) is 0 Å². The first kappa shape index (κ1) is 16.3. The van der Waals surface area contributed by atoms with Crippen molar-refractivity contribution in [3.63, 3.8) is 0 Å². The second-order valence-corrected chi connectivity index (χ2v) is 8.51. The van der Waals surface area contributed by atoms with Crippen LogP contribution in [-0.2, 0) is 21.1 Å². The molecular formula is C14H12BrFO3S2. The third-order valence-electron chi connectivity index (χ3n) is 2.85. The predicted octanol–water partition coefficient (Wildman–Crippen LogP) is 3.54. The minimum atomic E-state index is -3.25. The number of hydrogen-bond acceptors (Lipinski definition) is 4. The van der Waals surface area contributed by atoms with Gasteiger partial charge in [-0.25, -0.2) is 12.8 Å². The number of Topliss-reactive ketones (excluding diaryl/α,β-unsaturated/α-hetero) is 1. The molecule has 0 aliphatic rings. The number of thiophene rings is 1. The summed E-state index contributed by atoms with van der Waals surface area (Å²) < 4.78 is 35.6. The fourth-order valence-electron chi connectivity index (χ4n) is 1.78. The van der Waals surface area contributed by atoms with Crippen LogP contribution in [0, 0.1) is 5.82 Å². The molecule has 1 heterocycles. The van der Waals surface area contributed by atoms with E-state index in [-0.39, 0.29) is 22.9 Å². The van der Waals surface area contributed by atoms with Gasteiger partial charge in [0.2, 0.25) is 0 Å². The smallest absolute Gasteiger partial charge is 0.175 e. The summed E-state index contributed by atoms with van der Waals surface area (Å²) in [4.78, 5) is 12.4. The van der Waals surface area contributed by atoms with Crippen molar-refractivity contribution >= 4 is 42.9 Å². The van der Waals surface area contributed by atoms with Gasteiger partial charge in [0, 0.05) is 22.9 Å². The van der Waals surface area contributed by atoms with Gasteiger partial charge in [-0.05, 0) is 23.8 Å². The van der Waals surface area contributed by atoms with Crippen molar-refractivity contribution in [1.29, 1.82) is 0 Å². The molecular weight excluding hydrogens is 379 g/mol. The summed E-state index contributed by atoms with van der Waals surface area (Å²) in [7, 11) is -3.25. The Morgan fingerprint density at radius 3 is 2.43 bits per heavy atom. The van der Waals surface area contributed by atoms with Crippen LogP contribution in [0.2, 0.25) is 0 Å². The first-order valence-corrected chi connectivity index (χ1v) is 9.66. The molecule has 112 valence electrons. The fourth-order valence-corrected chi connectivity index (χ4v) is 3.61. The zero-order chi connectivity index (χ0) is 15.6. The molecule has 21 heavy (non-hydrogen) atoms.